The predicted molar refractivity (Wildman–Crippen MR) is 73.3 cm³/mol. The second-order valence-electron chi connectivity index (χ2n) is 5.32. The van der Waals surface area contributed by atoms with Crippen molar-refractivity contribution in [1.82, 2.24) is 25.5 Å². The Hall–Kier alpha value is -1.15. The predicted octanol–water partition coefficient (Wildman–Crippen LogP) is 0.611. The molecule has 0 unspecified atom stereocenters. The van der Waals surface area contributed by atoms with E-state index in [1.807, 2.05) is 6.92 Å². The molecule has 3 rings (SSSR count). The normalized spacial score (nSPS) is 23.8. The van der Waals surface area contributed by atoms with Crippen LogP contribution < -0.4 is 5.32 Å². The Bertz CT molecular complexity index is 470. The van der Waals surface area contributed by atoms with Crippen LogP contribution in [0.25, 0.3) is 0 Å². The summed E-state index contributed by atoms with van der Waals surface area (Å²) < 4.78 is 7.33. The van der Waals surface area contributed by atoms with Gasteiger partial charge in [0, 0.05) is 12.6 Å². The Morgan fingerprint density at radius 2 is 2.40 bits per heavy atom. The SMILES string of the molecule is C[C@@H](Sc1nnnn1C[C@H]1CCCO1)C(=O)NC1CC1. The first kappa shape index (κ1) is 13.8. The van der Waals surface area contributed by atoms with E-state index < -0.39 is 0 Å². The number of carbonyl (C=O) groups excluding carboxylic acids is 1. The molecule has 110 valence electrons. The molecule has 2 heterocycles. The highest BCUT2D eigenvalue weighted by Crippen LogP contribution is 2.24. The molecule has 1 saturated heterocycles. The molecule has 1 aromatic rings. The minimum atomic E-state index is -0.190. The van der Waals surface area contributed by atoms with Crippen molar-refractivity contribution >= 4 is 17.7 Å². The molecule has 2 atom stereocenters. The van der Waals surface area contributed by atoms with Crippen LogP contribution >= 0.6 is 11.8 Å². The van der Waals surface area contributed by atoms with Crippen LogP contribution in [-0.2, 0) is 16.1 Å². The quantitative estimate of drug-likeness (QED) is 0.775. The van der Waals surface area contributed by atoms with Crippen molar-refractivity contribution in [3.05, 3.63) is 0 Å². The van der Waals surface area contributed by atoms with Gasteiger partial charge in [-0.05, 0) is 43.0 Å². The summed E-state index contributed by atoms with van der Waals surface area (Å²) in [6.07, 6.45) is 4.52. The average molecular weight is 297 g/mol. The van der Waals surface area contributed by atoms with Crippen LogP contribution in [0.2, 0.25) is 0 Å². The molecule has 2 fully saturated rings. The summed E-state index contributed by atoms with van der Waals surface area (Å²) in [5.41, 5.74) is 0. The third-order valence-corrected chi connectivity index (χ3v) is 4.55. The van der Waals surface area contributed by atoms with E-state index in [1.165, 1.54) is 11.8 Å². The molecule has 0 radical (unpaired) electrons. The van der Waals surface area contributed by atoms with Crippen LogP contribution in [0.15, 0.2) is 5.16 Å². The van der Waals surface area contributed by atoms with Crippen LogP contribution in [0.5, 0.6) is 0 Å². The lowest BCUT2D eigenvalue weighted by molar-refractivity contribution is -0.120. The summed E-state index contributed by atoms with van der Waals surface area (Å²) >= 11 is 1.40. The molecule has 1 aliphatic heterocycles. The molecule has 0 bridgehead atoms. The topological polar surface area (TPSA) is 81.9 Å². The average Bonchev–Trinajstić information content (AvgIpc) is 2.91. The minimum absolute atomic E-state index is 0.0594. The molecule has 8 heteroatoms. The van der Waals surface area contributed by atoms with E-state index in [-0.39, 0.29) is 17.3 Å². The summed E-state index contributed by atoms with van der Waals surface area (Å²) in [6.45, 7) is 3.36. The van der Waals surface area contributed by atoms with E-state index in [0.717, 1.165) is 32.3 Å². The molecule has 2 aliphatic rings. The first-order valence-corrected chi connectivity index (χ1v) is 7.95. The molecule has 1 aromatic heterocycles. The molecule has 1 amide bonds. The Morgan fingerprint density at radius 1 is 1.55 bits per heavy atom. The van der Waals surface area contributed by atoms with Gasteiger partial charge in [-0.2, -0.15) is 0 Å². The smallest absolute Gasteiger partial charge is 0.233 e. The summed E-state index contributed by atoms with van der Waals surface area (Å²) in [5, 5.41) is 15.2. The number of tetrazole rings is 1. The first-order valence-electron chi connectivity index (χ1n) is 7.07. The van der Waals surface area contributed by atoms with E-state index >= 15 is 0 Å². The number of aromatic nitrogens is 4. The number of ether oxygens (including phenoxy) is 1. The van der Waals surface area contributed by atoms with Crippen molar-refractivity contribution in [3.63, 3.8) is 0 Å². The van der Waals surface area contributed by atoms with Gasteiger partial charge in [0.2, 0.25) is 11.1 Å². The minimum Gasteiger partial charge on any atom is -0.376 e. The lowest BCUT2D eigenvalue weighted by Crippen LogP contribution is -2.32. The summed E-state index contributed by atoms with van der Waals surface area (Å²) in [7, 11) is 0. The first-order chi connectivity index (χ1) is 9.72. The Morgan fingerprint density at radius 3 is 3.10 bits per heavy atom. The molecule has 1 aliphatic carbocycles. The fraction of sp³-hybridized carbons (Fsp3) is 0.833. The largest absolute Gasteiger partial charge is 0.376 e. The van der Waals surface area contributed by atoms with Gasteiger partial charge in [0.05, 0.1) is 17.9 Å². The summed E-state index contributed by atoms with van der Waals surface area (Å²) in [4.78, 5) is 11.9. The van der Waals surface area contributed by atoms with Crippen molar-refractivity contribution in [3.8, 4) is 0 Å². The molecule has 7 nitrogen and oxygen atoms in total. The number of hydrogen-bond acceptors (Lipinski definition) is 6. The number of nitrogens with zero attached hydrogens (tertiary/aromatic N) is 4. The monoisotopic (exact) mass is 297 g/mol. The number of carbonyl (C=O) groups is 1. The maximum atomic E-state index is 11.9. The van der Waals surface area contributed by atoms with Gasteiger partial charge in [0.1, 0.15) is 0 Å². The fourth-order valence-electron chi connectivity index (χ4n) is 2.13. The van der Waals surface area contributed by atoms with Crippen LogP contribution in [0.1, 0.15) is 32.6 Å². The number of nitrogens with one attached hydrogen (secondary N) is 1. The van der Waals surface area contributed by atoms with E-state index in [2.05, 4.69) is 20.8 Å². The van der Waals surface area contributed by atoms with Crippen LogP contribution in [0.3, 0.4) is 0 Å². The van der Waals surface area contributed by atoms with Gasteiger partial charge in [0.25, 0.3) is 0 Å². The zero-order chi connectivity index (χ0) is 13.9. The van der Waals surface area contributed by atoms with E-state index in [0.29, 0.717) is 17.7 Å². The van der Waals surface area contributed by atoms with E-state index in [4.69, 9.17) is 4.74 Å². The third-order valence-electron chi connectivity index (χ3n) is 3.47. The lowest BCUT2D eigenvalue weighted by Gasteiger charge is -2.13. The second kappa shape index (κ2) is 6.09. The summed E-state index contributed by atoms with van der Waals surface area (Å²) in [5.74, 6) is 0.0594. The van der Waals surface area contributed by atoms with Crippen molar-refractivity contribution in [1.29, 1.82) is 0 Å². The van der Waals surface area contributed by atoms with Gasteiger partial charge in [0.15, 0.2) is 0 Å². The second-order valence-corrected chi connectivity index (χ2v) is 6.63. The molecule has 0 aromatic carbocycles. The van der Waals surface area contributed by atoms with Crippen molar-refractivity contribution in [2.75, 3.05) is 6.61 Å². The van der Waals surface area contributed by atoms with Gasteiger partial charge in [-0.25, -0.2) is 4.68 Å². The number of thioether (sulfide) groups is 1. The maximum absolute atomic E-state index is 11.9. The van der Waals surface area contributed by atoms with Gasteiger partial charge in [-0.15, -0.1) is 5.10 Å². The number of hydrogen-bond donors (Lipinski definition) is 1. The lowest BCUT2D eigenvalue weighted by atomic mass is 10.2. The van der Waals surface area contributed by atoms with Gasteiger partial charge >= 0.3 is 0 Å². The van der Waals surface area contributed by atoms with Gasteiger partial charge in [-0.1, -0.05) is 11.8 Å². The van der Waals surface area contributed by atoms with Gasteiger partial charge in [-0.3, -0.25) is 4.79 Å². The Kier molecular flexibility index (Phi) is 4.21. The Balaban J connectivity index is 1.55. The molecule has 1 N–H and O–H groups in total. The zero-order valence-electron chi connectivity index (χ0n) is 11.5. The van der Waals surface area contributed by atoms with Crippen molar-refractivity contribution in [2.24, 2.45) is 0 Å². The van der Waals surface area contributed by atoms with Crippen LogP contribution in [0, 0.1) is 0 Å². The Labute approximate surface area is 121 Å². The number of rotatable bonds is 6. The van der Waals surface area contributed by atoms with Crippen LogP contribution in [-0.4, -0.2) is 50.1 Å². The number of amides is 1. The van der Waals surface area contributed by atoms with E-state index in [9.17, 15) is 4.79 Å². The molecular weight excluding hydrogens is 278 g/mol. The summed E-state index contributed by atoms with van der Waals surface area (Å²) in [6, 6.07) is 0.383. The highest BCUT2D eigenvalue weighted by Gasteiger charge is 2.27. The highest BCUT2D eigenvalue weighted by atomic mass is 32.2. The van der Waals surface area contributed by atoms with Gasteiger partial charge < -0.3 is 10.1 Å². The standard InChI is InChI=1S/C12H19N5O2S/c1-8(11(18)13-9-4-5-9)20-12-14-15-16-17(12)7-10-3-2-6-19-10/h8-10H,2-7H2,1H3,(H,13,18)/t8-,10-/m1/s1. The maximum Gasteiger partial charge on any atom is 0.233 e. The third kappa shape index (κ3) is 3.49. The van der Waals surface area contributed by atoms with Crippen molar-refractivity contribution < 1.29 is 9.53 Å². The van der Waals surface area contributed by atoms with Crippen LogP contribution in [0.4, 0.5) is 0 Å². The molecule has 20 heavy (non-hydrogen) atoms. The van der Waals surface area contributed by atoms with E-state index in [1.54, 1.807) is 4.68 Å². The highest BCUT2D eigenvalue weighted by molar-refractivity contribution is 8.00. The zero-order valence-corrected chi connectivity index (χ0v) is 12.3. The fourth-order valence-corrected chi connectivity index (χ4v) is 2.94. The molecule has 0 spiro atoms. The van der Waals surface area contributed by atoms with Crippen molar-refractivity contribution in [2.45, 2.75) is 61.7 Å². The molecule has 1 saturated carbocycles. The molecular formula is C12H19N5O2S.